The van der Waals surface area contributed by atoms with Gasteiger partial charge in [0.05, 0.1) is 17.5 Å². The number of hydrogen-bond acceptors (Lipinski definition) is 7. The molecule has 1 aliphatic heterocycles. The van der Waals surface area contributed by atoms with E-state index in [1.807, 2.05) is 46.9 Å². The smallest absolute Gasteiger partial charge is 0.410 e. The summed E-state index contributed by atoms with van der Waals surface area (Å²) in [5.74, 6) is 0.0815. The predicted octanol–water partition coefficient (Wildman–Crippen LogP) is 3.24. The van der Waals surface area contributed by atoms with Gasteiger partial charge in [0.2, 0.25) is 0 Å². The van der Waals surface area contributed by atoms with Gasteiger partial charge < -0.3 is 25.6 Å². The van der Waals surface area contributed by atoms with Crippen molar-refractivity contribution in [2.24, 2.45) is 0 Å². The molecule has 2 amide bonds. The molecular formula is C24H31N7O3. The number of anilines is 3. The zero-order valence-corrected chi connectivity index (χ0v) is 20.3. The van der Waals surface area contributed by atoms with Crippen molar-refractivity contribution >= 4 is 34.8 Å². The summed E-state index contributed by atoms with van der Waals surface area (Å²) in [6.07, 6.45) is 1.50. The third kappa shape index (κ3) is 5.05. The summed E-state index contributed by atoms with van der Waals surface area (Å²) in [5.41, 5.74) is 9.73. The maximum absolute atomic E-state index is 13.1. The molecule has 1 saturated heterocycles. The van der Waals surface area contributed by atoms with Crippen LogP contribution in [0.2, 0.25) is 0 Å². The summed E-state index contributed by atoms with van der Waals surface area (Å²) in [5, 5.41) is 7.28. The quantitative estimate of drug-likeness (QED) is 0.570. The topological polar surface area (TPSA) is 118 Å². The SMILES string of the molecule is Cc1cn2nc(NC(=O)c3cc(N4CCN(C(=O)OC(C)(C)C)CC4)ccc3N)cc(C)c2n1. The van der Waals surface area contributed by atoms with Crippen molar-refractivity contribution in [1.29, 1.82) is 0 Å². The Morgan fingerprint density at radius 2 is 1.79 bits per heavy atom. The molecule has 0 radical (unpaired) electrons. The zero-order valence-electron chi connectivity index (χ0n) is 20.3. The van der Waals surface area contributed by atoms with E-state index in [4.69, 9.17) is 10.5 Å². The zero-order chi connectivity index (χ0) is 24.6. The number of aromatic nitrogens is 3. The molecule has 10 heteroatoms. The van der Waals surface area contributed by atoms with E-state index in [0.29, 0.717) is 43.2 Å². The summed E-state index contributed by atoms with van der Waals surface area (Å²) in [6, 6.07) is 7.18. The van der Waals surface area contributed by atoms with Gasteiger partial charge in [-0.3, -0.25) is 4.79 Å². The van der Waals surface area contributed by atoms with Crippen molar-refractivity contribution in [3.8, 4) is 0 Å². The largest absolute Gasteiger partial charge is 0.444 e. The fraction of sp³-hybridized carbons (Fsp3) is 0.417. The van der Waals surface area contributed by atoms with Crippen LogP contribution in [0.25, 0.3) is 5.65 Å². The number of amides is 2. The highest BCUT2D eigenvalue weighted by Crippen LogP contribution is 2.24. The Morgan fingerprint density at radius 1 is 1.09 bits per heavy atom. The Balaban J connectivity index is 1.46. The number of piperazine rings is 1. The molecule has 0 saturated carbocycles. The van der Waals surface area contributed by atoms with Gasteiger partial charge in [0.1, 0.15) is 5.60 Å². The van der Waals surface area contributed by atoms with E-state index in [1.165, 1.54) is 0 Å². The highest BCUT2D eigenvalue weighted by molar-refractivity contribution is 6.08. The van der Waals surface area contributed by atoms with Gasteiger partial charge in [-0.1, -0.05) is 0 Å². The molecule has 34 heavy (non-hydrogen) atoms. The van der Waals surface area contributed by atoms with Crippen molar-refractivity contribution in [1.82, 2.24) is 19.5 Å². The van der Waals surface area contributed by atoms with Crippen molar-refractivity contribution in [3.63, 3.8) is 0 Å². The minimum Gasteiger partial charge on any atom is -0.444 e. The highest BCUT2D eigenvalue weighted by Gasteiger charge is 2.26. The first-order valence-electron chi connectivity index (χ1n) is 11.3. The summed E-state index contributed by atoms with van der Waals surface area (Å²) in [7, 11) is 0. The third-order valence-electron chi connectivity index (χ3n) is 5.55. The van der Waals surface area contributed by atoms with E-state index in [2.05, 4.69) is 20.3 Å². The maximum Gasteiger partial charge on any atom is 0.410 e. The second-order valence-corrected chi connectivity index (χ2v) is 9.54. The minimum atomic E-state index is -0.526. The lowest BCUT2D eigenvalue weighted by Gasteiger charge is -2.37. The molecule has 3 N–H and O–H groups in total. The number of carbonyl (C=O) groups is 2. The van der Waals surface area contributed by atoms with Crippen LogP contribution in [0, 0.1) is 13.8 Å². The number of hydrogen-bond donors (Lipinski definition) is 2. The average molecular weight is 466 g/mol. The van der Waals surface area contributed by atoms with Crippen LogP contribution < -0.4 is 16.0 Å². The molecule has 0 atom stereocenters. The van der Waals surface area contributed by atoms with Gasteiger partial charge in [0.25, 0.3) is 5.91 Å². The second-order valence-electron chi connectivity index (χ2n) is 9.54. The minimum absolute atomic E-state index is 0.308. The second kappa shape index (κ2) is 8.85. The van der Waals surface area contributed by atoms with Gasteiger partial charge in [0, 0.05) is 37.6 Å². The number of imidazole rings is 1. The van der Waals surface area contributed by atoms with Gasteiger partial charge in [0.15, 0.2) is 11.5 Å². The Hall–Kier alpha value is -3.82. The molecule has 1 fully saturated rings. The van der Waals surface area contributed by atoms with Crippen LogP contribution in [0.3, 0.4) is 0 Å². The van der Waals surface area contributed by atoms with Crippen molar-refractivity contribution in [3.05, 3.63) is 47.3 Å². The lowest BCUT2D eigenvalue weighted by atomic mass is 10.1. The molecule has 180 valence electrons. The third-order valence-corrected chi connectivity index (χ3v) is 5.55. The Kier molecular flexibility index (Phi) is 6.07. The first-order valence-corrected chi connectivity index (χ1v) is 11.3. The number of nitrogens with two attached hydrogens (primary N) is 1. The number of ether oxygens (including phenoxy) is 1. The molecule has 1 aliphatic rings. The van der Waals surface area contributed by atoms with E-state index < -0.39 is 5.60 Å². The van der Waals surface area contributed by atoms with E-state index in [1.54, 1.807) is 27.6 Å². The Bertz CT molecular complexity index is 1240. The van der Waals surface area contributed by atoms with Crippen LogP contribution >= 0.6 is 0 Å². The van der Waals surface area contributed by atoms with Crippen molar-refractivity contribution < 1.29 is 14.3 Å². The monoisotopic (exact) mass is 465 g/mol. The van der Waals surface area contributed by atoms with Gasteiger partial charge in [-0.05, 0) is 64.4 Å². The maximum atomic E-state index is 13.1. The van der Waals surface area contributed by atoms with E-state index in [0.717, 1.165) is 22.6 Å². The van der Waals surface area contributed by atoms with E-state index in [-0.39, 0.29) is 12.0 Å². The summed E-state index contributed by atoms with van der Waals surface area (Å²) < 4.78 is 7.12. The number of nitrogens with one attached hydrogen (secondary N) is 1. The number of rotatable bonds is 3. The number of fused-ring (bicyclic) bond motifs is 1. The fourth-order valence-corrected chi connectivity index (χ4v) is 3.90. The number of aryl methyl sites for hydroxylation is 2. The first-order chi connectivity index (χ1) is 16.0. The molecule has 0 spiro atoms. The molecule has 10 nitrogen and oxygen atoms in total. The average Bonchev–Trinajstić information content (AvgIpc) is 3.14. The first kappa shape index (κ1) is 23.3. The summed E-state index contributed by atoms with van der Waals surface area (Å²) in [4.78, 5) is 33.6. The molecule has 0 bridgehead atoms. The molecule has 4 rings (SSSR count). The van der Waals surface area contributed by atoms with Crippen molar-refractivity contribution in [2.45, 2.75) is 40.2 Å². The lowest BCUT2D eigenvalue weighted by molar-refractivity contribution is 0.0240. The number of benzene rings is 1. The van der Waals surface area contributed by atoms with Crippen LogP contribution in [0.5, 0.6) is 0 Å². The van der Waals surface area contributed by atoms with Crippen LogP contribution in [-0.4, -0.2) is 63.3 Å². The number of nitrogens with zero attached hydrogens (tertiary/aromatic N) is 5. The molecular weight excluding hydrogens is 434 g/mol. The molecule has 3 aromatic rings. The molecule has 0 aliphatic carbocycles. The lowest BCUT2D eigenvalue weighted by Crippen LogP contribution is -2.50. The fourth-order valence-electron chi connectivity index (χ4n) is 3.90. The van der Waals surface area contributed by atoms with Gasteiger partial charge in [-0.15, -0.1) is 5.10 Å². The summed E-state index contributed by atoms with van der Waals surface area (Å²) in [6.45, 7) is 11.7. The van der Waals surface area contributed by atoms with Gasteiger partial charge in [-0.2, -0.15) is 0 Å². The van der Waals surface area contributed by atoms with E-state index >= 15 is 0 Å². The molecule has 3 heterocycles. The Morgan fingerprint density at radius 3 is 2.47 bits per heavy atom. The molecule has 1 aromatic carbocycles. The Labute approximate surface area is 198 Å². The number of nitrogen functional groups attached to an aromatic ring is 1. The molecule has 0 unspecified atom stereocenters. The van der Waals surface area contributed by atoms with Gasteiger partial charge >= 0.3 is 6.09 Å². The molecule has 2 aromatic heterocycles. The number of carbonyl (C=O) groups excluding carboxylic acids is 2. The van der Waals surface area contributed by atoms with Crippen molar-refractivity contribution in [2.75, 3.05) is 42.1 Å². The predicted molar refractivity (Wildman–Crippen MR) is 131 cm³/mol. The van der Waals surface area contributed by atoms with Crippen LogP contribution in [0.4, 0.5) is 22.0 Å². The normalized spacial score (nSPS) is 14.4. The van der Waals surface area contributed by atoms with Crippen LogP contribution in [0.15, 0.2) is 30.5 Å². The summed E-state index contributed by atoms with van der Waals surface area (Å²) >= 11 is 0. The standard InChI is InChI=1S/C24H31N7O3/c1-15-12-20(28-31-14-16(2)26-21(15)31)27-22(32)18-13-17(6-7-19(18)25)29-8-10-30(11-9-29)23(33)34-24(3,4)5/h6-7,12-14H,8-11,25H2,1-5H3,(H,27,28,32). The van der Waals surface area contributed by atoms with Crippen LogP contribution in [-0.2, 0) is 4.74 Å². The van der Waals surface area contributed by atoms with Crippen LogP contribution in [0.1, 0.15) is 42.4 Å². The van der Waals surface area contributed by atoms with Gasteiger partial charge in [-0.25, -0.2) is 14.3 Å². The highest BCUT2D eigenvalue weighted by atomic mass is 16.6. The van der Waals surface area contributed by atoms with E-state index in [9.17, 15) is 9.59 Å².